The van der Waals surface area contributed by atoms with Crippen molar-refractivity contribution in [3.05, 3.63) is 36.0 Å². The first-order chi connectivity index (χ1) is 15.9. The van der Waals surface area contributed by atoms with E-state index in [1.165, 1.54) is 6.92 Å². The van der Waals surface area contributed by atoms with Crippen LogP contribution in [0.4, 0.5) is 5.69 Å². The molecule has 0 atom stereocenters. The van der Waals surface area contributed by atoms with Gasteiger partial charge in [-0.15, -0.1) is 5.10 Å². The summed E-state index contributed by atoms with van der Waals surface area (Å²) < 4.78 is 7.00. The van der Waals surface area contributed by atoms with Gasteiger partial charge in [0, 0.05) is 38.1 Å². The maximum absolute atomic E-state index is 12.5. The summed E-state index contributed by atoms with van der Waals surface area (Å²) in [6.07, 6.45) is 6.30. The predicted molar refractivity (Wildman–Crippen MR) is 119 cm³/mol. The molecule has 0 unspecified atom stereocenters. The number of benzene rings is 1. The average Bonchev–Trinajstić information content (AvgIpc) is 3.37. The smallest absolute Gasteiger partial charge is 0.227 e. The van der Waals surface area contributed by atoms with Crippen LogP contribution >= 0.6 is 0 Å². The fraction of sp³-hybridized carbons (Fsp3) is 0.500. The fourth-order valence-corrected chi connectivity index (χ4v) is 4.28. The third-order valence-electron chi connectivity index (χ3n) is 5.86. The molecule has 11 nitrogen and oxygen atoms in total. The summed E-state index contributed by atoms with van der Waals surface area (Å²) >= 11 is 0. The minimum Gasteiger partial charge on any atom is -0.343 e. The first-order valence-corrected chi connectivity index (χ1v) is 11.2. The molecule has 2 heterocycles. The predicted octanol–water partition coefficient (Wildman–Crippen LogP) is 2.52. The van der Waals surface area contributed by atoms with E-state index >= 15 is 0 Å². The number of aromatic nitrogens is 6. The molecule has 1 fully saturated rings. The fourth-order valence-electron chi connectivity index (χ4n) is 4.28. The van der Waals surface area contributed by atoms with E-state index in [0.717, 1.165) is 44.1 Å². The summed E-state index contributed by atoms with van der Waals surface area (Å²) in [4.78, 5) is 28.9. The Kier molecular flexibility index (Phi) is 6.76. The lowest BCUT2D eigenvalue weighted by Crippen LogP contribution is -2.45. The Bertz CT molecular complexity index is 1110. The first kappa shape index (κ1) is 22.6. The second-order valence-corrected chi connectivity index (χ2v) is 8.44. The molecular formula is C22H28N8O3. The second-order valence-electron chi connectivity index (χ2n) is 8.44. The van der Waals surface area contributed by atoms with Crippen molar-refractivity contribution in [3.8, 4) is 11.4 Å². The van der Waals surface area contributed by atoms with Gasteiger partial charge in [-0.3, -0.25) is 9.59 Å². The Morgan fingerprint density at radius 3 is 2.67 bits per heavy atom. The standard InChI is InChI=1S/C22H28N8O3/c1-15(31)25-22(12-5-3-4-6-13-22)21-24-19(33-27-21)11-10-18(32)23-17-9-7-8-16(14-17)20-26-28-29-30(20)2/h7-9,14H,3-6,10-13H2,1-2H3,(H,23,32)(H,25,31). The molecule has 1 aliphatic carbocycles. The van der Waals surface area contributed by atoms with E-state index in [1.54, 1.807) is 17.8 Å². The van der Waals surface area contributed by atoms with Crippen molar-refractivity contribution < 1.29 is 14.1 Å². The monoisotopic (exact) mass is 452 g/mol. The molecule has 1 aliphatic rings. The normalized spacial score (nSPS) is 15.6. The molecule has 0 aliphatic heterocycles. The van der Waals surface area contributed by atoms with Gasteiger partial charge in [0.15, 0.2) is 11.6 Å². The molecule has 174 valence electrons. The second kappa shape index (κ2) is 9.88. The zero-order chi connectivity index (χ0) is 23.3. The van der Waals surface area contributed by atoms with Crippen LogP contribution in [0.3, 0.4) is 0 Å². The summed E-state index contributed by atoms with van der Waals surface area (Å²) in [6, 6.07) is 7.33. The number of aryl methyl sites for hydroxylation is 2. The first-order valence-electron chi connectivity index (χ1n) is 11.2. The number of hydrogen-bond donors (Lipinski definition) is 2. The molecular weight excluding hydrogens is 424 g/mol. The Balaban J connectivity index is 1.38. The van der Waals surface area contributed by atoms with Gasteiger partial charge in [-0.1, -0.05) is 43.0 Å². The van der Waals surface area contributed by atoms with E-state index in [2.05, 4.69) is 36.3 Å². The van der Waals surface area contributed by atoms with E-state index in [-0.39, 0.29) is 18.2 Å². The SMILES string of the molecule is CC(=O)NC1(c2noc(CCC(=O)Nc3cccc(-c4nnnn4C)c3)n2)CCCCCC1. The number of nitrogens with zero attached hydrogens (tertiary/aromatic N) is 6. The van der Waals surface area contributed by atoms with Crippen LogP contribution in [0.15, 0.2) is 28.8 Å². The molecule has 0 spiro atoms. The Hall–Kier alpha value is -3.63. The van der Waals surface area contributed by atoms with Gasteiger partial charge in [0.2, 0.25) is 17.7 Å². The summed E-state index contributed by atoms with van der Waals surface area (Å²) in [5.74, 6) is 1.21. The zero-order valence-corrected chi connectivity index (χ0v) is 18.9. The zero-order valence-electron chi connectivity index (χ0n) is 18.9. The van der Waals surface area contributed by atoms with E-state index in [4.69, 9.17) is 4.52 Å². The highest BCUT2D eigenvalue weighted by Gasteiger charge is 2.38. The maximum atomic E-state index is 12.5. The van der Waals surface area contributed by atoms with Crippen molar-refractivity contribution in [2.24, 2.45) is 7.05 Å². The van der Waals surface area contributed by atoms with Gasteiger partial charge >= 0.3 is 0 Å². The third-order valence-corrected chi connectivity index (χ3v) is 5.86. The van der Waals surface area contributed by atoms with Crippen LogP contribution in [0.2, 0.25) is 0 Å². The van der Waals surface area contributed by atoms with Crippen LogP contribution in [-0.4, -0.2) is 42.2 Å². The van der Waals surface area contributed by atoms with Gasteiger partial charge in [0.25, 0.3) is 0 Å². The number of anilines is 1. The number of tetrazole rings is 1. The third kappa shape index (κ3) is 5.41. The number of hydrogen-bond acceptors (Lipinski definition) is 8. The van der Waals surface area contributed by atoms with Crippen molar-refractivity contribution in [1.82, 2.24) is 35.7 Å². The number of nitrogens with one attached hydrogen (secondary N) is 2. The van der Waals surface area contributed by atoms with Crippen LogP contribution in [0.25, 0.3) is 11.4 Å². The van der Waals surface area contributed by atoms with E-state index in [1.807, 2.05) is 18.2 Å². The molecule has 0 saturated heterocycles. The molecule has 1 saturated carbocycles. The molecule has 33 heavy (non-hydrogen) atoms. The van der Waals surface area contributed by atoms with Crippen LogP contribution in [-0.2, 0) is 28.6 Å². The highest BCUT2D eigenvalue weighted by molar-refractivity contribution is 5.91. The van der Waals surface area contributed by atoms with E-state index < -0.39 is 5.54 Å². The van der Waals surface area contributed by atoms with Gasteiger partial charge in [0.05, 0.1) is 0 Å². The van der Waals surface area contributed by atoms with Gasteiger partial charge < -0.3 is 15.2 Å². The Morgan fingerprint density at radius 2 is 1.97 bits per heavy atom. The summed E-state index contributed by atoms with van der Waals surface area (Å²) in [5.41, 5.74) is 0.852. The Morgan fingerprint density at radius 1 is 1.18 bits per heavy atom. The lowest BCUT2D eigenvalue weighted by molar-refractivity contribution is -0.121. The van der Waals surface area contributed by atoms with E-state index in [9.17, 15) is 9.59 Å². The lowest BCUT2D eigenvalue weighted by Gasteiger charge is -2.30. The summed E-state index contributed by atoms with van der Waals surface area (Å²) in [5, 5.41) is 21.6. The van der Waals surface area contributed by atoms with Crippen molar-refractivity contribution in [3.63, 3.8) is 0 Å². The van der Waals surface area contributed by atoms with Gasteiger partial charge in [-0.05, 0) is 35.4 Å². The topological polar surface area (TPSA) is 141 Å². The molecule has 2 amide bonds. The van der Waals surface area contributed by atoms with E-state index in [0.29, 0.717) is 29.6 Å². The van der Waals surface area contributed by atoms with Crippen LogP contribution in [0.5, 0.6) is 0 Å². The average molecular weight is 453 g/mol. The lowest BCUT2D eigenvalue weighted by atomic mass is 9.89. The van der Waals surface area contributed by atoms with Gasteiger partial charge in [-0.2, -0.15) is 4.98 Å². The highest BCUT2D eigenvalue weighted by atomic mass is 16.5. The van der Waals surface area contributed by atoms with Crippen molar-refractivity contribution in [1.29, 1.82) is 0 Å². The van der Waals surface area contributed by atoms with Gasteiger partial charge in [0.1, 0.15) is 5.54 Å². The highest BCUT2D eigenvalue weighted by Crippen LogP contribution is 2.34. The number of amides is 2. The van der Waals surface area contributed by atoms with Crippen LogP contribution in [0, 0.1) is 0 Å². The molecule has 0 bridgehead atoms. The molecule has 11 heteroatoms. The quantitative estimate of drug-likeness (QED) is 0.521. The largest absolute Gasteiger partial charge is 0.343 e. The number of carbonyl (C=O) groups excluding carboxylic acids is 2. The maximum Gasteiger partial charge on any atom is 0.227 e. The summed E-state index contributed by atoms with van der Waals surface area (Å²) in [6.45, 7) is 1.51. The minimum atomic E-state index is -0.596. The summed E-state index contributed by atoms with van der Waals surface area (Å²) in [7, 11) is 1.75. The number of rotatable bonds is 7. The number of carbonyl (C=O) groups is 2. The van der Waals surface area contributed by atoms with Crippen molar-refractivity contribution in [2.75, 3.05) is 5.32 Å². The molecule has 4 rings (SSSR count). The van der Waals surface area contributed by atoms with Crippen LogP contribution < -0.4 is 10.6 Å². The van der Waals surface area contributed by atoms with Gasteiger partial charge in [-0.25, -0.2) is 4.68 Å². The molecule has 1 aromatic carbocycles. The molecule has 2 aromatic heterocycles. The molecule has 2 N–H and O–H groups in total. The molecule has 0 radical (unpaired) electrons. The van der Waals surface area contributed by atoms with Crippen molar-refractivity contribution in [2.45, 2.75) is 63.8 Å². The van der Waals surface area contributed by atoms with Crippen molar-refractivity contribution >= 4 is 17.5 Å². The molecule has 3 aromatic rings. The minimum absolute atomic E-state index is 0.109. The Labute approximate surface area is 191 Å². The van der Waals surface area contributed by atoms with Crippen LogP contribution in [0.1, 0.15) is 63.6 Å².